The van der Waals surface area contributed by atoms with Gasteiger partial charge in [0, 0.05) is 59.8 Å². The maximum absolute atomic E-state index is 12.5. The fraction of sp³-hybridized carbons (Fsp3) is 0.432. The molecule has 0 radical (unpaired) electrons. The van der Waals surface area contributed by atoms with Crippen molar-refractivity contribution >= 4 is 22.7 Å². The van der Waals surface area contributed by atoms with Crippen LogP contribution in [0, 0.1) is 0 Å². The summed E-state index contributed by atoms with van der Waals surface area (Å²) in [6, 6.07) is 26.6. The zero-order valence-corrected chi connectivity index (χ0v) is 25.9. The Morgan fingerprint density at radius 1 is 1.02 bits per heavy atom. The molecule has 1 aromatic heterocycles. The summed E-state index contributed by atoms with van der Waals surface area (Å²) in [5.74, 6) is 0.817. The van der Waals surface area contributed by atoms with Gasteiger partial charge in [0.1, 0.15) is 0 Å². The molecule has 0 spiro atoms. The number of amides is 1. The van der Waals surface area contributed by atoms with Crippen LogP contribution in [0.1, 0.15) is 73.4 Å². The van der Waals surface area contributed by atoms with Gasteiger partial charge in [0.25, 0.3) is 0 Å². The van der Waals surface area contributed by atoms with E-state index in [1.54, 1.807) is 0 Å². The maximum Gasteiger partial charge on any atom is 0.407 e. The number of nitrogens with zero attached hydrogens (tertiary/aromatic N) is 2. The monoisotopic (exact) mass is 578 g/mol. The summed E-state index contributed by atoms with van der Waals surface area (Å²) in [5.41, 5.74) is 9.23. The Morgan fingerprint density at radius 3 is 2.65 bits per heavy atom. The number of rotatable bonds is 11. The summed E-state index contributed by atoms with van der Waals surface area (Å²) in [6.45, 7) is 12.4. The molecule has 1 amide bonds. The van der Waals surface area contributed by atoms with Crippen molar-refractivity contribution in [1.29, 1.82) is 0 Å². The first kappa shape index (κ1) is 29.3. The molecular weight excluding hydrogens is 532 g/mol. The van der Waals surface area contributed by atoms with Crippen LogP contribution in [0.15, 0.2) is 72.8 Å². The number of alkyl carbamates (subject to hydrolysis) is 1. The number of benzene rings is 3. The number of nitrogens with one attached hydrogen (secondary N) is 2. The second-order valence-corrected chi connectivity index (χ2v) is 12.1. The first-order valence-electron chi connectivity index (χ1n) is 16.2. The van der Waals surface area contributed by atoms with Crippen molar-refractivity contribution in [2.45, 2.75) is 64.3 Å². The minimum Gasteiger partial charge on any atom is -0.450 e. The number of hydrogen-bond donors (Lipinski definition) is 2. The van der Waals surface area contributed by atoms with E-state index in [9.17, 15) is 4.79 Å². The van der Waals surface area contributed by atoms with Gasteiger partial charge in [-0.2, -0.15) is 0 Å². The standard InChI is InChI=1S/C37H46N4O2/c1-4-40-22-20-30-32-24-28(17-18-34(32)41(5-2)35(30)25-40)26(3)36-31(29-15-9-10-16-33(29)39-36)19-21-38-37(42)43-23-11-14-27-12-7-6-8-13-27/h6-10,12-13,15-18,24,26,30,35,39H,4-5,11,14,19-23,25H2,1-3H3,(H,38,42). The number of carbonyl (C=O) groups is 1. The van der Waals surface area contributed by atoms with Gasteiger partial charge in [0.2, 0.25) is 0 Å². The van der Waals surface area contributed by atoms with Crippen LogP contribution in [0.3, 0.4) is 0 Å². The van der Waals surface area contributed by atoms with Crippen LogP contribution in [0.4, 0.5) is 10.5 Å². The quantitative estimate of drug-likeness (QED) is 0.184. The average molecular weight is 579 g/mol. The minimum absolute atomic E-state index is 0.211. The Hall–Kier alpha value is -3.77. The number of likely N-dealkylation sites (tertiary alicyclic amines) is 1. The summed E-state index contributed by atoms with van der Waals surface area (Å²) in [5, 5.41) is 4.22. The fourth-order valence-corrected chi connectivity index (χ4v) is 7.40. The number of aromatic nitrogens is 1. The molecule has 2 aliphatic heterocycles. The van der Waals surface area contributed by atoms with Crippen LogP contribution in [0.25, 0.3) is 10.9 Å². The molecule has 3 heterocycles. The molecule has 0 bridgehead atoms. The van der Waals surface area contributed by atoms with Gasteiger partial charge >= 0.3 is 6.09 Å². The molecule has 0 aliphatic carbocycles. The lowest BCUT2D eigenvalue weighted by atomic mass is 9.85. The highest BCUT2D eigenvalue weighted by molar-refractivity contribution is 5.85. The fourth-order valence-electron chi connectivity index (χ4n) is 7.40. The van der Waals surface area contributed by atoms with Gasteiger partial charge in [0.15, 0.2) is 0 Å². The van der Waals surface area contributed by atoms with E-state index in [-0.39, 0.29) is 12.0 Å². The van der Waals surface area contributed by atoms with Crippen LogP contribution >= 0.6 is 0 Å². The lowest BCUT2D eigenvalue weighted by Crippen LogP contribution is -2.48. The summed E-state index contributed by atoms with van der Waals surface area (Å²) < 4.78 is 5.47. The van der Waals surface area contributed by atoms with E-state index >= 15 is 0 Å². The van der Waals surface area contributed by atoms with E-state index in [0.717, 1.165) is 44.4 Å². The highest BCUT2D eigenvalue weighted by atomic mass is 16.5. The lowest BCUT2D eigenvalue weighted by Gasteiger charge is -2.38. The smallest absolute Gasteiger partial charge is 0.407 e. The van der Waals surface area contributed by atoms with Crippen LogP contribution in [0.2, 0.25) is 0 Å². The first-order chi connectivity index (χ1) is 21.1. The summed E-state index contributed by atoms with van der Waals surface area (Å²) in [4.78, 5) is 21.4. The molecule has 3 aromatic carbocycles. The van der Waals surface area contributed by atoms with E-state index in [2.05, 4.69) is 95.5 Å². The Balaban J connectivity index is 1.14. The van der Waals surface area contributed by atoms with Crippen molar-refractivity contribution in [2.24, 2.45) is 0 Å². The van der Waals surface area contributed by atoms with E-state index < -0.39 is 0 Å². The first-order valence-corrected chi connectivity index (χ1v) is 16.2. The molecule has 3 atom stereocenters. The molecular formula is C37H46N4O2. The van der Waals surface area contributed by atoms with Gasteiger partial charge in [-0.15, -0.1) is 0 Å². The van der Waals surface area contributed by atoms with Crippen molar-refractivity contribution in [2.75, 3.05) is 44.2 Å². The average Bonchev–Trinajstić information content (AvgIpc) is 3.57. The Bertz CT molecular complexity index is 1530. The van der Waals surface area contributed by atoms with Gasteiger partial charge in [-0.25, -0.2) is 4.79 Å². The molecule has 1 saturated heterocycles. The molecule has 0 saturated carbocycles. The van der Waals surface area contributed by atoms with Crippen molar-refractivity contribution in [3.63, 3.8) is 0 Å². The van der Waals surface area contributed by atoms with E-state index in [1.807, 2.05) is 18.2 Å². The Kier molecular flexibility index (Phi) is 9.03. The molecule has 3 unspecified atom stereocenters. The van der Waals surface area contributed by atoms with Gasteiger partial charge in [-0.05, 0) is 80.1 Å². The normalized spacial score (nSPS) is 18.8. The highest BCUT2D eigenvalue weighted by Crippen LogP contribution is 2.46. The van der Waals surface area contributed by atoms with Crippen LogP contribution in [-0.4, -0.2) is 61.3 Å². The Morgan fingerprint density at radius 2 is 1.84 bits per heavy atom. The summed E-state index contributed by atoms with van der Waals surface area (Å²) in [6.07, 6.45) is 3.35. The topological polar surface area (TPSA) is 60.6 Å². The molecule has 1 fully saturated rings. The lowest BCUT2D eigenvalue weighted by molar-refractivity contribution is 0.145. The van der Waals surface area contributed by atoms with Crippen molar-refractivity contribution in [3.05, 3.63) is 101 Å². The number of likely N-dealkylation sites (N-methyl/N-ethyl adjacent to an activating group) is 2. The molecule has 43 heavy (non-hydrogen) atoms. The number of carbonyl (C=O) groups excluding carboxylic acids is 1. The minimum atomic E-state index is -0.342. The molecule has 6 nitrogen and oxygen atoms in total. The molecule has 2 N–H and O–H groups in total. The largest absolute Gasteiger partial charge is 0.450 e. The molecule has 2 aliphatic rings. The number of ether oxygens (including phenoxy) is 1. The summed E-state index contributed by atoms with van der Waals surface area (Å²) >= 11 is 0. The number of anilines is 1. The van der Waals surface area contributed by atoms with E-state index in [0.29, 0.717) is 25.1 Å². The van der Waals surface area contributed by atoms with Crippen LogP contribution < -0.4 is 10.2 Å². The van der Waals surface area contributed by atoms with Crippen molar-refractivity contribution in [1.82, 2.24) is 15.2 Å². The van der Waals surface area contributed by atoms with Gasteiger partial charge in [-0.3, -0.25) is 0 Å². The number of H-pyrrole nitrogens is 1. The number of aryl methyl sites for hydroxylation is 1. The molecule has 6 heteroatoms. The predicted molar refractivity (Wildman–Crippen MR) is 176 cm³/mol. The molecule has 226 valence electrons. The number of piperidine rings is 1. The highest BCUT2D eigenvalue weighted by Gasteiger charge is 2.41. The number of fused-ring (bicyclic) bond motifs is 4. The second-order valence-electron chi connectivity index (χ2n) is 12.1. The van der Waals surface area contributed by atoms with Crippen molar-refractivity contribution < 1.29 is 9.53 Å². The van der Waals surface area contributed by atoms with Gasteiger partial charge < -0.3 is 24.8 Å². The number of aromatic amines is 1. The molecule has 6 rings (SSSR count). The van der Waals surface area contributed by atoms with Crippen molar-refractivity contribution in [3.8, 4) is 0 Å². The number of hydrogen-bond acceptors (Lipinski definition) is 4. The second kappa shape index (κ2) is 13.3. The predicted octanol–water partition coefficient (Wildman–Crippen LogP) is 7.24. The maximum atomic E-state index is 12.5. The third kappa shape index (κ3) is 6.16. The van der Waals surface area contributed by atoms with Gasteiger partial charge in [-0.1, -0.05) is 74.5 Å². The van der Waals surface area contributed by atoms with Crippen LogP contribution in [-0.2, 0) is 17.6 Å². The van der Waals surface area contributed by atoms with E-state index in [1.165, 1.54) is 52.0 Å². The zero-order valence-electron chi connectivity index (χ0n) is 25.9. The molecule has 4 aromatic rings. The third-order valence-corrected chi connectivity index (χ3v) is 9.72. The summed E-state index contributed by atoms with van der Waals surface area (Å²) in [7, 11) is 0. The third-order valence-electron chi connectivity index (χ3n) is 9.72. The number of para-hydroxylation sites is 1. The van der Waals surface area contributed by atoms with Gasteiger partial charge in [0.05, 0.1) is 6.61 Å². The van der Waals surface area contributed by atoms with Crippen LogP contribution in [0.5, 0.6) is 0 Å². The SMILES string of the molecule is CCN1CCC2c3cc(C(C)c4[nH]c5ccccc5c4CCNC(=O)OCCCc4ccccc4)ccc3N(CC)C2C1. The Labute approximate surface area is 256 Å². The van der Waals surface area contributed by atoms with E-state index in [4.69, 9.17) is 4.74 Å². The zero-order chi connectivity index (χ0) is 29.8.